The van der Waals surface area contributed by atoms with Crippen molar-refractivity contribution >= 4 is 33.4 Å². The normalized spacial score (nSPS) is 14.0. The van der Waals surface area contributed by atoms with Crippen LogP contribution in [0.1, 0.15) is 22.4 Å². The quantitative estimate of drug-likeness (QED) is 0.245. The Labute approximate surface area is 251 Å². The molecular formula is C33H25BrClN5O. The first kappa shape index (κ1) is 25.6. The van der Waals surface area contributed by atoms with Crippen LogP contribution in [0.25, 0.3) is 5.82 Å². The Hall–Kier alpha value is -4.33. The maximum absolute atomic E-state index is 6.67. The first-order valence-electron chi connectivity index (χ1n) is 13.3. The third-order valence-electron chi connectivity index (χ3n) is 7.59. The molecule has 0 amide bonds. The van der Waals surface area contributed by atoms with Gasteiger partial charge in [0.2, 0.25) is 0 Å². The Morgan fingerprint density at radius 1 is 0.902 bits per heavy atom. The molecule has 41 heavy (non-hydrogen) atoms. The van der Waals surface area contributed by atoms with Gasteiger partial charge < -0.3 is 19.5 Å². The Bertz CT molecular complexity index is 1780. The summed E-state index contributed by atoms with van der Waals surface area (Å²) in [6.45, 7) is 0.923. The van der Waals surface area contributed by atoms with Crippen molar-refractivity contribution in [1.29, 1.82) is 0 Å². The van der Waals surface area contributed by atoms with Crippen LogP contribution < -0.4 is 20.6 Å². The van der Waals surface area contributed by atoms with Gasteiger partial charge >= 0.3 is 0 Å². The maximum atomic E-state index is 6.67. The fraction of sp³-hybridized carbons (Fsp3) is 0.0909. The molecule has 1 N–H and O–H groups in total. The van der Waals surface area contributed by atoms with E-state index in [0.29, 0.717) is 29.3 Å². The third kappa shape index (κ3) is 4.24. The summed E-state index contributed by atoms with van der Waals surface area (Å²) in [6, 6.07) is 33.7. The number of aromatic nitrogens is 2. The first-order chi connectivity index (χ1) is 20.2. The summed E-state index contributed by atoms with van der Waals surface area (Å²) >= 11 is 10.2. The molecule has 0 aliphatic carbocycles. The molecular weight excluding hydrogens is 598 g/mol. The van der Waals surface area contributed by atoms with Gasteiger partial charge in [0.05, 0.1) is 40.4 Å². The average molecular weight is 623 g/mol. The van der Waals surface area contributed by atoms with Crippen LogP contribution in [0.4, 0.5) is 0 Å². The van der Waals surface area contributed by atoms with Gasteiger partial charge in [-0.15, -0.1) is 0 Å². The minimum atomic E-state index is -0.668. The van der Waals surface area contributed by atoms with E-state index in [1.54, 1.807) is 6.26 Å². The molecule has 0 fully saturated rings. The molecule has 0 radical (unpaired) electrons. The van der Waals surface area contributed by atoms with E-state index in [1.165, 1.54) is 0 Å². The maximum Gasteiger partial charge on any atom is 0.140 e. The molecule has 3 heterocycles. The highest BCUT2D eigenvalue weighted by Crippen LogP contribution is 2.41. The van der Waals surface area contributed by atoms with Gasteiger partial charge in [-0.3, -0.25) is 4.99 Å². The number of benzene rings is 4. The average Bonchev–Trinajstić information content (AvgIpc) is 3.41. The van der Waals surface area contributed by atoms with E-state index in [9.17, 15) is 0 Å². The zero-order chi connectivity index (χ0) is 27.8. The van der Waals surface area contributed by atoms with E-state index >= 15 is 0 Å². The second-order valence-electron chi connectivity index (χ2n) is 9.83. The number of nitrogens with one attached hydrogen (secondary N) is 1. The standard InChI is InChI=1S/C33H25BrClN5O/c34-27-18-28-29-31(30(27)35)37-21-38-32(29)39(16-17-41-28)20-26-19-36-22-40(26)33(23-10-4-1-5-11-23,24-12-6-2-7-13-24)25-14-8-3-9-15-25/h1-19,22,38H,20-21H2. The molecule has 7 rings (SSSR count). The summed E-state index contributed by atoms with van der Waals surface area (Å²) in [6.07, 6.45) is 7.50. The highest BCUT2D eigenvalue weighted by Gasteiger charge is 2.39. The van der Waals surface area contributed by atoms with Crippen LogP contribution in [-0.4, -0.2) is 21.1 Å². The summed E-state index contributed by atoms with van der Waals surface area (Å²) in [5.41, 5.74) is 3.75. The van der Waals surface area contributed by atoms with Crippen molar-refractivity contribution in [2.45, 2.75) is 12.1 Å². The summed E-state index contributed by atoms with van der Waals surface area (Å²) in [4.78, 5) is 11.5. The van der Waals surface area contributed by atoms with Gasteiger partial charge in [0, 0.05) is 10.7 Å². The minimum absolute atomic E-state index is 0.406. The van der Waals surface area contributed by atoms with Crippen LogP contribution >= 0.6 is 27.5 Å². The van der Waals surface area contributed by atoms with Gasteiger partial charge in [-0.25, -0.2) is 4.98 Å². The number of rotatable bonds is 6. The van der Waals surface area contributed by atoms with Crippen molar-refractivity contribution in [2.24, 2.45) is 4.99 Å². The summed E-state index contributed by atoms with van der Waals surface area (Å²) < 4.78 is 9.07. The largest absolute Gasteiger partial charge is 0.463 e. The monoisotopic (exact) mass is 621 g/mol. The molecule has 0 bridgehead atoms. The summed E-state index contributed by atoms with van der Waals surface area (Å²) in [5.74, 6) is 1.56. The highest BCUT2D eigenvalue weighted by molar-refractivity contribution is 9.10. The molecule has 2 aliphatic rings. The predicted molar refractivity (Wildman–Crippen MR) is 163 cm³/mol. The third-order valence-corrected chi connectivity index (χ3v) is 8.82. The molecule has 4 aromatic carbocycles. The second-order valence-corrected chi connectivity index (χ2v) is 11.1. The molecule has 8 heteroatoms. The van der Waals surface area contributed by atoms with Crippen molar-refractivity contribution in [3.05, 3.63) is 165 Å². The van der Waals surface area contributed by atoms with E-state index in [0.717, 1.165) is 37.9 Å². The Kier molecular flexibility index (Phi) is 6.61. The molecule has 0 unspecified atom stereocenters. The second kappa shape index (κ2) is 10.6. The van der Waals surface area contributed by atoms with Crippen LogP contribution in [0, 0.1) is 0 Å². The number of hydrogen-bond donors (Lipinski definition) is 1. The van der Waals surface area contributed by atoms with Crippen LogP contribution in [0.3, 0.4) is 0 Å². The fourth-order valence-electron chi connectivity index (χ4n) is 5.84. The molecule has 0 atom stereocenters. The molecule has 2 aliphatic heterocycles. The van der Waals surface area contributed by atoms with Crippen LogP contribution in [-0.2, 0) is 12.1 Å². The lowest BCUT2D eigenvalue weighted by Crippen LogP contribution is -2.44. The van der Waals surface area contributed by atoms with Crippen molar-refractivity contribution in [3.8, 4) is 5.75 Å². The Balaban J connectivity index is 1.45. The van der Waals surface area contributed by atoms with Crippen molar-refractivity contribution in [2.75, 3.05) is 6.67 Å². The van der Waals surface area contributed by atoms with Gasteiger partial charge in [0.25, 0.3) is 0 Å². The molecule has 0 saturated carbocycles. The molecule has 202 valence electrons. The Morgan fingerprint density at radius 2 is 1.51 bits per heavy atom. The van der Waals surface area contributed by atoms with Gasteiger partial charge in [-0.2, -0.15) is 0 Å². The number of halogens is 2. The van der Waals surface area contributed by atoms with E-state index in [-0.39, 0.29) is 0 Å². The van der Waals surface area contributed by atoms with Crippen LogP contribution in [0.5, 0.6) is 5.75 Å². The number of hydrogen-bond acceptors (Lipinski definition) is 5. The lowest BCUT2D eigenvalue weighted by molar-refractivity contribution is 0.422. The van der Waals surface area contributed by atoms with E-state index in [1.807, 2.05) is 24.8 Å². The van der Waals surface area contributed by atoms with E-state index in [4.69, 9.17) is 21.3 Å². The lowest BCUT2D eigenvalue weighted by Gasteiger charge is -2.39. The fourth-order valence-corrected chi connectivity index (χ4v) is 6.45. The molecule has 0 spiro atoms. The number of nitrogens with zero attached hydrogens (tertiary/aromatic N) is 4. The van der Waals surface area contributed by atoms with E-state index < -0.39 is 5.54 Å². The van der Waals surface area contributed by atoms with Crippen LogP contribution in [0.15, 0.2) is 132 Å². The smallest absolute Gasteiger partial charge is 0.140 e. The van der Waals surface area contributed by atoms with Crippen molar-refractivity contribution in [1.82, 2.24) is 19.8 Å². The summed E-state index contributed by atoms with van der Waals surface area (Å²) in [7, 11) is 0. The SMILES string of the molecule is Clc1c(Br)cc2c3c1=NCNC=3N(Cc1cncn1C(c1ccccc1)(c1ccccc1)c1ccccc1)C=CO2. The predicted octanol–water partition coefficient (Wildman–Crippen LogP) is 5.75. The molecule has 6 nitrogen and oxygen atoms in total. The van der Waals surface area contributed by atoms with Gasteiger partial charge in [-0.1, -0.05) is 103 Å². The van der Waals surface area contributed by atoms with Crippen molar-refractivity contribution in [3.63, 3.8) is 0 Å². The van der Waals surface area contributed by atoms with Gasteiger partial charge in [-0.05, 0) is 38.7 Å². The van der Waals surface area contributed by atoms with Gasteiger partial charge in [0.1, 0.15) is 30.0 Å². The topological polar surface area (TPSA) is 54.7 Å². The summed E-state index contributed by atoms with van der Waals surface area (Å²) in [5, 5.41) is 5.57. The number of imidazole rings is 1. The highest BCUT2D eigenvalue weighted by atomic mass is 79.9. The zero-order valence-corrected chi connectivity index (χ0v) is 24.3. The minimum Gasteiger partial charge on any atom is -0.463 e. The Morgan fingerprint density at radius 3 is 2.12 bits per heavy atom. The van der Waals surface area contributed by atoms with E-state index in [2.05, 4.69) is 127 Å². The van der Waals surface area contributed by atoms with Gasteiger partial charge in [0.15, 0.2) is 0 Å². The number of ether oxygens (including phenoxy) is 1. The van der Waals surface area contributed by atoms with Crippen molar-refractivity contribution < 1.29 is 4.74 Å². The molecule has 0 saturated heterocycles. The molecule has 1 aromatic heterocycles. The molecule has 5 aromatic rings. The first-order valence-corrected chi connectivity index (χ1v) is 14.4. The van der Waals surface area contributed by atoms with Crippen LogP contribution in [0.2, 0.25) is 5.02 Å². The zero-order valence-electron chi connectivity index (χ0n) is 21.9. The lowest BCUT2D eigenvalue weighted by atomic mass is 9.76.